The first-order valence-corrected chi connectivity index (χ1v) is 7.96. The first-order valence-electron chi connectivity index (χ1n) is 7.96. The van der Waals surface area contributed by atoms with Gasteiger partial charge in [-0.2, -0.15) is 0 Å². The molecule has 114 valence electrons. The molecule has 1 aliphatic heterocycles. The van der Waals surface area contributed by atoms with E-state index in [4.69, 9.17) is 9.31 Å². The second-order valence-corrected chi connectivity index (χ2v) is 7.16. The molecule has 0 radical (unpaired) electrons. The maximum absolute atomic E-state index is 6.15. The standard InChI is InChI=1S/C16H25BN2O2/c1-15(2)16(3,4)21-17(20-15)13-10-7-11-18-14(13)19-12-8-5-6-9-12/h7,10-12H,5-6,8-9H2,1-4H3,(H,18,19). The molecule has 5 heteroatoms. The highest BCUT2D eigenvalue weighted by Gasteiger charge is 2.52. The van der Waals surface area contributed by atoms with Crippen LogP contribution in [0.5, 0.6) is 0 Å². The van der Waals surface area contributed by atoms with Gasteiger partial charge in [-0.05, 0) is 46.6 Å². The molecule has 21 heavy (non-hydrogen) atoms. The quantitative estimate of drug-likeness (QED) is 0.869. The minimum Gasteiger partial charge on any atom is -0.399 e. The molecule has 0 amide bonds. The molecule has 0 atom stereocenters. The monoisotopic (exact) mass is 288 g/mol. The lowest BCUT2D eigenvalue weighted by Crippen LogP contribution is -2.41. The molecular weight excluding hydrogens is 263 g/mol. The summed E-state index contributed by atoms with van der Waals surface area (Å²) >= 11 is 0. The van der Waals surface area contributed by atoms with Gasteiger partial charge in [0, 0.05) is 17.7 Å². The zero-order valence-electron chi connectivity index (χ0n) is 13.5. The van der Waals surface area contributed by atoms with Crippen LogP contribution in [0.3, 0.4) is 0 Å². The summed E-state index contributed by atoms with van der Waals surface area (Å²) in [5.41, 5.74) is 0.360. The lowest BCUT2D eigenvalue weighted by Gasteiger charge is -2.32. The van der Waals surface area contributed by atoms with E-state index in [1.54, 1.807) is 0 Å². The number of pyridine rings is 1. The topological polar surface area (TPSA) is 43.4 Å². The molecule has 2 fully saturated rings. The van der Waals surface area contributed by atoms with Crippen LogP contribution >= 0.6 is 0 Å². The molecule has 1 saturated carbocycles. The molecule has 1 saturated heterocycles. The van der Waals surface area contributed by atoms with Crippen LogP contribution in [0.4, 0.5) is 5.82 Å². The van der Waals surface area contributed by atoms with Crippen molar-refractivity contribution in [3.8, 4) is 0 Å². The van der Waals surface area contributed by atoms with Crippen LogP contribution in [0.15, 0.2) is 18.3 Å². The Balaban J connectivity index is 1.82. The van der Waals surface area contributed by atoms with Gasteiger partial charge in [0.15, 0.2) is 0 Å². The first kappa shape index (κ1) is 14.9. The minimum absolute atomic E-state index is 0.321. The molecular formula is C16H25BN2O2. The van der Waals surface area contributed by atoms with Gasteiger partial charge in [0.05, 0.1) is 11.2 Å². The number of hydrogen-bond donors (Lipinski definition) is 1. The van der Waals surface area contributed by atoms with Crippen LogP contribution in [0, 0.1) is 0 Å². The van der Waals surface area contributed by atoms with Crippen molar-refractivity contribution in [1.82, 2.24) is 4.98 Å². The van der Waals surface area contributed by atoms with Crippen molar-refractivity contribution < 1.29 is 9.31 Å². The van der Waals surface area contributed by atoms with Crippen molar-refractivity contribution in [3.05, 3.63) is 18.3 Å². The molecule has 3 rings (SSSR count). The largest absolute Gasteiger partial charge is 0.498 e. The fourth-order valence-corrected chi connectivity index (χ4v) is 2.96. The van der Waals surface area contributed by atoms with Gasteiger partial charge >= 0.3 is 7.12 Å². The van der Waals surface area contributed by atoms with Gasteiger partial charge in [-0.1, -0.05) is 18.9 Å². The SMILES string of the molecule is CC1(C)OB(c2cccnc2NC2CCCC2)OC1(C)C. The third-order valence-corrected chi connectivity index (χ3v) is 5.04. The Morgan fingerprint density at radius 3 is 2.38 bits per heavy atom. The summed E-state index contributed by atoms with van der Waals surface area (Å²) in [5.74, 6) is 0.905. The van der Waals surface area contributed by atoms with Crippen LogP contribution in [-0.4, -0.2) is 29.3 Å². The maximum atomic E-state index is 6.15. The van der Waals surface area contributed by atoms with E-state index >= 15 is 0 Å². The molecule has 0 unspecified atom stereocenters. The fraction of sp³-hybridized carbons (Fsp3) is 0.688. The molecule has 0 spiro atoms. The van der Waals surface area contributed by atoms with E-state index in [1.165, 1.54) is 25.7 Å². The predicted molar refractivity (Wildman–Crippen MR) is 85.8 cm³/mol. The maximum Gasteiger partial charge on any atom is 0.498 e. The minimum atomic E-state index is -0.354. The highest BCUT2D eigenvalue weighted by atomic mass is 16.7. The third kappa shape index (κ3) is 2.81. The summed E-state index contributed by atoms with van der Waals surface area (Å²) in [6, 6.07) is 4.52. The van der Waals surface area contributed by atoms with Crippen LogP contribution in [-0.2, 0) is 9.31 Å². The molecule has 1 aromatic heterocycles. The van der Waals surface area contributed by atoms with Gasteiger partial charge in [0.25, 0.3) is 0 Å². The number of nitrogens with zero attached hydrogens (tertiary/aromatic N) is 1. The van der Waals surface area contributed by atoms with Crippen molar-refractivity contribution in [3.63, 3.8) is 0 Å². The van der Waals surface area contributed by atoms with Gasteiger partial charge in [-0.15, -0.1) is 0 Å². The van der Waals surface area contributed by atoms with Crippen LogP contribution in [0.25, 0.3) is 0 Å². The van der Waals surface area contributed by atoms with Crippen LogP contribution in [0.2, 0.25) is 0 Å². The second-order valence-electron chi connectivity index (χ2n) is 7.16. The summed E-state index contributed by atoms with van der Waals surface area (Å²) in [5, 5.41) is 3.57. The van der Waals surface area contributed by atoms with Gasteiger partial charge in [-0.3, -0.25) is 0 Å². The van der Waals surface area contributed by atoms with E-state index in [2.05, 4.69) is 38.0 Å². The van der Waals surface area contributed by atoms with Crippen molar-refractivity contribution >= 4 is 18.4 Å². The lowest BCUT2D eigenvalue weighted by molar-refractivity contribution is 0.00578. The average molecular weight is 288 g/mol. The third-order valence-electron chi connectivity index (χ3n) is 5.04. The lowest BCUT2D eigenvalue weighted by atomic mass is 9.79. The summed E-state index contributed by atoms with van der Waals surface area (Å²) in [6.45, 7) is 8.31. The number of nitrogens with one attached hydrogen (secondary N) is 1. The normalized spacial score (nSPS) is 24.5. The fourth-order valence-electron chi connectivity index (χ4n) is 2.96. The Labute approximate surface area is 127 Å². The molecule has 1 aromatic rings. The number of rotatable bonds is 3. The van der Waals surface area contributed by atoms with Crippen molar-refractivity contribution in [2.45, 2.75) is 70.6 Å². The van der Waals surface area contributed by atoms with Crippen molar-refractivity contribution in [1.29, 1.82) is 0 Å². The van der Waals surface area contributed by atoms with Gasteiger partial charge in [0.1, 0.15) is 5.82 Å². The number of aromatic nitrogens is 1. The Bertz CT molecular complexity index is 497. The summed E-state index contributed by atoms with van der Waals surface area (Å²) in [7, 11) is -0.354. The molecule has 0 aromatic carbocycles. The molecule has 1 N–H and O–H groups in total. The number of anilines is 1. The van der Waals surface area contributed by atoms with Crippen molar-refractivity contribution in [2.24, 2.45) is 0 Å². The Morgan fingerprint density at radius 1 is 1.14 bits per heavy atom. The van der Waals surface area contributed by atoms with E-state index in [0.717, 1.165) is 11.3 Å². The van der Waals surface area contributed by atoms with E-state index < -0.39 is 0 Å². The van der Waals surface area contributed by atoms with Gasteiger partial charge in [-0.25, -0.2) is 4.98 Å². The van der Waals surface area contributed by atoms with Crippen LogP contribution < -0.4 is 10.8 Å². The highest BCUT2D eigenvalue weighted by Crippen LogP contribution is 2.37. The van der Waals surface area contributed by atoms with E-state index in [9.17, 15) is 0 Å². The molecule has 2 heterocycles. The predicted octanol–water partition coefficient (Wildman–Crippen LogP) is 2.74. The molecule has 4 nitrogen and oxygen atoms in total. The second kappa shape index (κ2) is 5.29. The molecule has 0 bridgehead atoms. The first-order chi connectivity index (χ1) is 9.89. The summed E-state index contributed by atoms with van der Waals surface area (Å²) < 4.78 is 12.3. The Hall–Kier alpha value is -1.07. The Kier molecular flexibility index (Phi) is 3.74. The average Bonchev–Trinajstić information content (AvgIpc) is 2.97. The van der Waals surface area contributed by atoms with Crippen molar-refractivity contribution in [2.75, 3.05) is 5.32 Å². The summed E-state index contributed by atoms with van der Waals surface area (Å²) in [4.78, 5) is 4.51. The van der Waals surface area contributed by atoms with E-state index in [0.29, 0.717) is 6.04 Å². The molecule has 2 aliphatic rings. The number of hydrogen-bond acceptors (Lipinski definition) is 4. The highest BCUT2D eigenvalue weighted by molar-refractivity contribution is 6.63. The van der Waals surface area contributed by atoms with Gasteiger partial charge < -0.3 is 14.6 Å². The Morgan fingerprint density at radius 2 is 1.76 bits per heavy atom. The van der Waals surface area contributed by atoms with Gasteiger partial charge in [0.2, 0.25) is 0 Å². The van der Waals surface area contributed by atoms with E-state index in [1.807, 2.05) is 18.3 Å². The smallest absolute Gasteiger partial charge is 0.399 e. The zero-order chi connectivity index (χ0) is 15.1. The molecule has 1 aliphatic carbocycles. The van der Waals surface area contributed by atoms with E-state index in [-0.39, 0.29) is 18.3 Å². The summed E-state index contributed by atoms with van der Waals surface area (Å²) in [6.07, 6.45) is 6.87. The zero-order valence-corrected chi connectivity index (χ0v) is 13.5. The van der Waals surface area contributed by atoms with Crippen LogP contribution in [0.1, 0.15) is 53.4 Å².